The Morgan fingerprint density at radius 3 is 2.67 bits per heavy atom. The molecule has 15 heavy (non-hydrogen) atoms. The third-order valence-corrected chi connectivity index (χ3v) is 2.88. The number of rotatable bonds is 2. The van der Waals surface area contributed by atoms with Gasteiger partial charge in [-0.15, -0.1) is 0 Å². The first-order chi connectivity index (χ1) is 6.97. The van der Waals surface area contributed by atoms with Crippen LogP contribution in [0.4, 0.5) is 8.78 Å². The lowest BCUT2D eigenvalue weighted by Gasteiger charge is -2.08. The molecule has 0 saturated carbocycles. The zero-order valence-electron chi connectivity index (χ0n) is 8.05. The second kappa shape index (κ2) is 4.82. The van der Waals surface area contributed by atoms with E-state index in [4.69, 9.17) is 0 Å². The van der Waals surface area contributed by atoms with Crippen LogP contribution in [-0.4, -0.2) is 18.1 Å². The number of carbonyl (C=O) groups excluding carboxylic acids is 1. The van der Waals surface area contributed by atoms with Crippen LogP contribution >= 0.6 is 22.6 Å². The molecule has 0 unspecified atom stereocenters. The first-order valence-electron chi connectivity index (χ1n) is 4.01. The lowest BCUT2D eigenvalue weighted by Crippen LogP contribution is -2.10. The van der Waals surface area contributed by atoms with E-state index in [-0.39, 0.29) is 5.56 Å². The third kappa shape index (κ3) is 2.61. The Morgan fingerprint density at radius 2 is 2.20 bits per heavy atom. The first kappa shape index (κ1) is 12.3. The summed E-state index contributed by atoms with van der Waals surface area (Å²) < 4.78 is 30.2. The number of ether oxygens (including phenoxy) is 1. The van der Waals surface area contributed by atoms with Gasteiger partial charge in [-0.3, -0.25) is 4.98 Å². The van der Waals surface area contributed by atoms with Gasteiger partial charge in [-0.05, 0) is 35.6 Å². The predicted molar refractivity (Wildman–Crippen MR) is 58.0 cm³/mol. The molecule has 0 N–H and O–H groups in total. The van der Waals surface area contributed by atoms with E-state index in [0.29, 0.717) is 9.26 Å². The average molecular weight is 327 g/mol. The molecule has 0 spiro atoms. The number of methoxy groups -OCH3 is 1. The molecule has 0 saturated heterocycles. The number of aromatic nitrogens is 1. The van der Waals surface area contributed by atoms with Crippen molar-refractivity contribution in [2.75, 3.05) is 7.11 Å². The van der Waals surface area contributed by atoms with Crippen molar-refractivity contribution in [1.29, 1.82) is 0 Å². The van der Waals surface area contributed by atoms with Gasteiger partial charge in [0.25, 0.3) is 6.43 Å². The summed E-state index contributed by atoms with van der Waals surface area (Å²) in [6.07, 6.45) is -2.78. The van der Waals surface area contributed by atoms with Crippen molar-refractivity contribution in [1.82, 2.24) is 4.98 Å². The van der Waals surface area contributed by atoms with Crippen LogP contribution in [0.5, 0.6) is 0 Å². The van der Waals surface area contributed by atoms with Crippen LogP contribution in [0.25, 0.3) is 0 Å². The summed E-state index contributed by atoms with van der Waals surface area (Å²) in [5, 5.41) is 0. The van der Waals surface area contributed by atoms with Crippen molar-refractivity contribution in [3.05, 3.63) is 26.6 Å². The normalized spacial score (nSPS) is 10.5. The molecule has 3 nitrogen and oxygen atoms in total. The minimum absolute atomic E-state index is 0.178. The van der Waals surface area contributed by atoms with Crippen molar-refractivity contribution >= 4 is 28.6 Å². The topological polar surface area (TPSA) is 39.2 Å². The molecule has 0 bridgehead atoms. The fraction of sp³-hybridized carbons (Fsp3) is 0.333. The van der Waals surface area contributed by atoms with Gasteiger partial charge < -0.3 is 4.74 Å². The minimum Gasteiger partial charge on any atom is -0.465 e. The number of esters is 1. The highest BCUT2D eigenvalue weighted by Gasteiger charge is 2.22. The number of aryl methyl sites for hydroxylation is 1. The largest absolute Gasteiger partial charge is 0.465 e. The van der Waals surface area contributed by atoms with Crippen LogP contribution < -0.4 is 0 Å². The quantitative estimate of drug-likeness (QED) is 0.619. The van der Waals surface area contributed by atoms with E-state index in [2.05, 4.69) is 9.72 Å². The summed E-state index contributed by atoms with van der Waals surface area (Å²) in [6, 6.07) is 1.36. The number of carbonyl (C=O) groups is 1. The van der Waals surface area contributed by atoms with E-state index >= 15 is 0 Å². The van der Waals surface area contributed by atoms with Gasteiger partial charge in [0.15, 0.2) is 0 Å². The first-order valence-corrected chi connectivity index (χ1v) is 5.08. The molecule has 0 aliphatic carbocycles. The summed E-state index contributed by atoms with van der Waals surface area (Å²) in [6.45, 7) is 1.61. The number of alkyl halides is 2. The molecule has 0 aliphatic heterocycles. The monoisotopic (exact) mass is 327 g/mol. The van der Waals surface area contributed by atoms with Crippen LogP contribution in [0.2, 0.25) is 0 Å². The van der Waals surface area contributed by atoms with Crippen molar-refractivity contribution in [3.63, 3.8) is 0 Å². The van der Waals surface area contributed by atoms with Gasteiger partial charge in [-0.25, -0.2) is 13.6 Å². The molecule has 0 atom stereocenters. The van der Waals surface area contributed by atoms with Crippen molar-refractivity contribution in [2.24, 2.45) is 0 Å². The Hall–Kier alpha value is -0.790. The molecule has 0 radical (unpaired) electrons. The van der Waals surface area contributed by atoms with E-state index in [1.807, 2.05) is 22.6 Å². The standard InChI is InChI=1S/C9H8F2INO2/c1-4-6(12)3-5(9(14)15-2)7(13-4)8(10)11/h3,8H,1-2H3. The Balaban J connectivity index is 3.34. The Kier molecular flexibility index (Phi) is 3.95. The maximum atomic E-state index is 12.6. The molecule has 0 aromatic carbocycles. The number of hydrogen-bond donors (Lipinski definition) is 0. The molecule has 0 aliphatic rings. The molecule has 1 aromatic rings. The Labute approximate surface area is 99.0 Å². The summed E-state index contributed by atoms with van der Waals surface area (Å²) in [5.74, 6) is -0.796. The molecule has 1 aromatic heterocycles. The minimum atomic E-state index is -2.78. The summed E-state index contributed by atoms with van der Waals surface area (Å²) >= 11 is 1.92. The molecular formula is C9H8F2INO2. The van der Waals surface area contributed by atoms with Gasteiger partial charge in [0.05, 0.1) is 18.4 Å². The van der Waals surface area contributed by atoms with E-state index < -0.39 is 18.1 Å². The highest BCUT2D eigenvalue weighted by molar-refractivity contribution is 14.1. The Bertz CT molecular complexity index is 396. The Morgan fingerprint density at radius 1 is 1.60 bits per heavy atom. The zero-order valence-corrected chi connectivity index (χ0v) is 10.2. The lowest BCUT2D eigenvalue weighted by molar-refractivity contribution is 0.0587. The van der Waals surface area contributed by atoms with Gasteiger partial charge >= 0.3 is 5.97 Å². The lowest BCUT2D eigenvalue weighted by atomic mass is 10.2. The maximum absolute atomic E-state index is 12.6. The second-order valence-electron chi connectivity index (χ2n) is 2.78. The highest BCUT2D eigenvalue weighted by Crippen LogP contribution is 2.24. The smallest absolute Gasteiger partial charge is 0.339 e. The molecule has 6 heteroatoms. The third-order valence-electron chi connectivity index (χ3n) is 1.79. The SMILES string of the molecule is COC(=O)c1cc(I)c(C)nc1C(F)F. The number of halogens is 3. The van der Waals surface area contributed by atoms with Gasteiger partial charge in [0.2, 0.25) is 0 Å². The molecule has 0 fully saturated rings. The van der Waals surface area contributed by atoms with E-state index in [1.54, 1.807) is 6.92 Å². The van der Waals surface area contributed by atoms with Gasteiger partial charge in [0.1, 0.15) is 5.69 Å². The maximum Gasteiger partial charge on any atom is 0.339 e. The van der Waals surface area contributed by atoms with Gasteiger partial charge in [-0.2, -0.15) is 0 Å². The van der Waals surface area contributed by atoms with Crippen molar-refractivity contribution < 1.29 is 18.3 Å². The van der Waals surface area contributed by atoms with Crippen molar-refractivity contribution in [3.8, 4) is 0 Å². The van der Waals surface area contributed by atoms with Crippen LogP contribution in [0.3, 0.4) is 0 Å². The number of pyridine rings is 1. The molecule has 82 valence electrons. The van der Waals surface area contributed by atoms with E-state index in [0.717, 1.165) is 7.11 Å². The van der Waals surface area contributed by atoms with Crippen LogP contribution in [0.1, 0.15) is 28.2 Å². The van der Waals surface area contributed by atoms with Crippen LogP contribution in [-0.2, 0) is 4.74 Å². The summed E-state index contributed by atoms with van der Waals surface area (Å²) in [7, 11) is 1.14. The van der Waals surface area contributed by atoms with Crippen LogP contribution in [0.15, 0.2) is 6.07 Å². The van der Waals surface area contributed by atoms with E-state index in [1.165, 1.54) is 6.07 Å². The molecule has 1 heterocycles. The highest BCUT2D eigenvalue weighted by atomic mass is 127. The van der Waals surface area contributed by atoms with E-state index in [9.17, 15) is 13.6 Å². The van der Waals surface area contributed by atoms with Crippen LogP contribution in [0, 0.1) is 10.5 Å². The molecule has 0 amide bonds. The van der Waals surface area contributed by atoms with Gasteiger partial charge in [-0.1, -0.05) is 0 Å². The zero-order chi connectivity index (χ0) is 11.6. The average Bonchev–Trinajstić information content (AvgIpc) is 2.20. The van der Waals surface area contributed by atoms with Gasteiger partial charge in [0, 0.05) is 3.57 Å². The second-order valence-corrected chi connectivity index (χ2v) is 3.94. The summed E-state index contributed by atoms with van der Waals surface area (Å²) in [4.78, 5) is 14.9. The number of nitrogens with zero attached hydrogens (tertiary/aromatic N) is 1. The fourth-order valence-electron chi connectivity index (χ4n) is 1.04. The number of hydrogen-bond acceptors (Lipinski definition) is 3. The van der Waals surface area contributed by atoms with Crippen molar-refractivity contribution in [2.45, 2.75) is 13.3 Å². The predicted octanol–water partition coefficient (Wildman–Crippen LogP) is 2.72. The fourth-order valence-corrected chi connectivity index (χ4v) is 1.47. The molecule has 1 rings (SSSR count). The molecular weight excluding hydrogens is 319 g/mol. The summed E-state index contributed by atoms with van der Waals surface area (Å²) in [5.41, 5.74) is -0.235.